The van der Waals surface area contributed by atoms with Crippen LogP contribution in [0.25, 0.3) is 0 Å². The van der Waals surface area contributed by atoms with Gasteiger partial charge in [-0.3, -0.25) is 9.59 Å². The number of carboxylic acids is 2. The van der Waals surface area contributed by atoms with Gasteiger partial charge in [-0.15, -0.1) is 0 Å². The summed E-state index contributed by atoms with van der Waals surface area (Å²) in [5.41, 5.74) is 0. The number of aryl methyl sites for hydroxylation is 2. The second-order valence-electron chi connectivity index (χ2n) is 3.74. The van der Waals surface area contributed by atoms with E-state index in [4.69, 9.17) is 10.2 Å². The average molecular weight is 241 g/mol. The van der Waals surface area contributed by atoms with Crippen LogP contribution in [0.1, 0.15) is 25.6 Å². The van der Waals surface area contributed by atoms with Gasteiger partial charge in [0.15, 0.2) is 0 Å². The monoisotopic (exact) mass is 241 g/mol. The van der Waals surface area contributed by atoms with Crippen molar-refractivity contribution in [2.45, 2.75) is 39.3 Å². The lowest BCUT2D eigenvalue weighted by Gasteiger charge is -2.01. The van der Waals surface area contributed by atoms with Gasteiger partial charge in [0, 0.05) is 6.42 Å². The topological polar surface area (TPSA) is 83.4 Å². The number of nitrogens with zero attached hydrogens (tertiary/aromatic N) is 2. The molecule has 0 aliphatic carbocycles. The van der Waals surface area contributed by atoms with Crippen LogP contribution >= 0.6 is 0 Å². The molecule has 94 valence electrons. The summed E-state index contributed by atoms with van der Waals surface area (Å²) in [5.74, 6) is -0.719. The molecule has 0 fully saturated rings. The zero-order valence-electron chi connectivity index (χ0n) is 9.80. The van der Waals surface area contributed by atoms with Gasteiger partial charge in [-0.1, -0.05) is 6.92 Å². The van der Waals surface area contributed by atoms with E-state index in [-0.39, 0.29) is 12.8 Å². The maximum atomic E-state index is 10.5. The maximum absolute atomic E-state index is 10.5. The lowest BCUT2D eigenvalue weighted by Crippen LogP contribution is -2.38. The smallest absolute Gasteiger partial charge is 0.307 e. The van der Waals surface area contributed by atoms with Crippen molar-refractivity contribution in [3.63, 3.8) is 0 Å². The van der Waals surface area contributed by atoms with Gasteiger partial charge >= 0.3 is 11.9 Å². The van der Waals surface area contributed by atoms with Gasteiger partial charge in [-0.25, -0.2) is 9.13 Å². The molecule has 0 bridgehead atoms. The van der Waals surface area contributed by atoms with Crippen LogP contribution in [0.4, 0.5) is 0 Å². The lowest BCUT2D eigenvalue weighted by molar-refractivity contribution is -0.702. The fourth-order valence-corrected chi connectivity index (χ4v) is 1.74. The molecule has 0 aromatic carbocycles. The summed E-state index contributed by atoms with van der Waals surface area (Å²) in [6, 6.07) is 0. The zero-order chi connectivity index (χ0) is 12.8. The molecule has 6 heteroatoms. The van der Waals surface area contributed by atoms with Crippen molar-refractivity contribution in [2.24, 2.45) is 0 Å². The number of imidazole rings is 1. The number of hydrogen-bond acceptors (Lipinski definition) is 2. The molecule has 1 aromatic heterocycles. The molecule has 1 rings (SSSR count). The van der Waals surface area contributed by atoms with Gasteiger partial charge in [0.2, 0.25) is 0 Å². The predicted octanol–water partition coefficient (Wildman–Crippen LogP) is 0.287. The van der Waals surface area contributed by atoms with Crippen LogP contribution in [-0.4, -0.2) is 26.7 Å². The van der Waals surface area contributed by atoms with E-state index >= 15 is 0 Å². The van der Waals surface area contributed by atoms with Crippen LogP contribution in [-0.2, 0) is 29.1 Å². The lowest BCUT2D eigenvalue weighted by atomic mass is 10.3. The number of aliphatic carboxylic acids is 2. The zero-order valence-corrected chi connectivity index (χ0v) is 9.80. The Labute approximate surface area is 99.1 Å². The van der Waals surface area contributed by atoms with E-state index in [0.29, 0.717) is 13.1 Å². The molecule has 1 aromatic rings. The van der Waals surface area contributed by atoms with Crippen molar-refractivity contribution in [3.05, 3.63) is 18.2 Å². The Bertz CT molecular complexity index is 376. The summed E-state index contributed by atoms with van der Waals surface area (Å²) in [7, 11) is 0. The summed E-state index contributed by atoms with van der Waals surface area (Å²) < 4.78 is 3.71. The molecule has 0 saturated heterocycles. The Morgan fingerprint density at radius 1 is 1.29 bits per heavy atom. The Hall–Kier alpha value is -1.85. The van der Waals surface area contributed by atoms with Crippen molar-refractivity contribution >= 4 is 11.9 Å². The first-order chi connectivity index (χ1) is 8.04. The highest BCUT2D eigenvalue weighted by atomic mass is 16.4. The molecule has 0 spiro atoms. The first kappa shape index (κ1) is 13.2. The van der Waals surface area contributed by atoms with Gasteiger partial charge in [-0.2, -0.15) is 0 Å². The Balaban J connectivity index is 2.72. The molecule has 2 N–H and O–H groups in total. The highest BCUT2D eigenvalue weighted by Gasteiger charge is 2.16. The molecule has 0 saturated carbocycles. The molecule has 0 atom stereocenters. The number of aromatic nitrogens is 2. The van der Waals surface area contributed by atoms with Crippen LogP contribution in [0.2, 0.25) is 0 Å². The fourth-order valence-electron chi connectivity index (χ4n) is 1.74. The summed E-state index contributed by atoms with van der Waals surface area (Å²) >= 11 is 0. The molecule has 0 aliphatic rings. The third kappa shape index (κ3) is 3.90. The molecule has 1 heterocycles. The minimum absolute atomic E-state index is 0.0701. The Morgan fingerprint density at radius 3 is 2.47 bits per heavy atom. The molecule has 0 amide bonds. The molecular weight excluding hydrogens is 224 g/mol. The second-order valence-corrected chi connectivity index (χ2v) is 3.74. The predicted molar refractivity (Wildman–Crippen MR) is 58.5 cm³/mol. The van der Waals surface area contributed by atoms with Gasteiger partial charge in [0.1, 0.15) is 25.5 Å². The average Bonchev–Trinajstić information content (AvgIpc) is 2.65. The second kappa shape index (κ2) is 6.03. The van der Waals surface area contributed by atoms with E-state index in [2.05, 4.69) is 0 Å². The SMILES string of the molecule is CCc1n(CCC(=O)O)cc[n+]1CCC(=O)O. The third-order valence-electron chi connectivity index (χ3n) is 2.54. The quantitative estimate of drug-likeness (QED) is 0.672. The van der Waals surface area contributed by atoms with Crippen molar-refractivity contribution in [3.8, 4) is 0 Å². The van der Waals surface area contributed by atoms with E-state index in [0.717, 1.165) is 12.2 Å². The van der Waals surface area contributed by atoms with E-state index < -0.39 is 11.9 Å². The van der Waals surface area contributed by atoms with Crippen LogP contribution in [0.3, 0.4) is 0 Å². The number of carboxylic acid groups (broad SMARTS) is 2. The van der Waals surface area contributed by atoms with Gasteiger partial charge < -0.3 is 10.2 Å². The van der Waals surface area contributed by atoms with E-state index in [1.165, 1.54) is 0 Å². The van der Waals surface area contributed by atoms with Crippen molar-refractivity contribution in [1.82, 2.24) is 4.57 Å². The van der Waals surface area contributed by atoms with E-state index in [1.54, 1.807) is 12.4 Å². The molecule has 0 aliphatic heterocycles. The van der Waals surface area contributed by atoms with Crippen molar-refractivity contribution in [2.75, 3.05) is 0 Å². The first-order valence-electron chi connectivity index (χ1n) is 5.55. The molecule has 6 nitrogen and oxygen atoms in total. The molecule has 17 heavy (non-hydrogen) atoms. The molecule has 0 unspecified atom stereocenters. The van der Waals surface area contributed by atoms with Gasteiger partial charge in [0.25, 0.3) is 5.82 Å². The standard InChI is InChI=1S/C11H16N2O4/c1-2-9-12(5-3-10(14)15)7-8-13(9)6-4-11(16)17/h7-8H,2-6H2,1H3,(H-,14,15,16,17)/p+1. The Morgan fingerprint density at radius 2 is 1.94 bits per heavy atom. The van der Waals surface area contributed by atoms with Crippen LogP contribution < -0.4 is 4.57 Å². The minimum atomic E-state index is -0.835. The number of carbonyl (C=O) groups is 2. The molecule has 0 radical (unpaired) electrons. The van der Waals surface area contributed by atoms with Crippen LogP contribution in [0.15, 0.2) is 12.4 Å². The minimum Gasteiger partial charge on any atom is -0.481 e. The fraction of sp³-hybridized carbons (Fsp3) is 0.545. The van der Waals surface area contributed by atoms with Gasteiger partial charge in [-0.05, 0) is 0 Å². The number of rotatable bonds is 7. The van der Waals surface area contributed by atoms with Crippen LogP contribution in [0.5, 0.6) is 0 Å². The van der Waals surface area contributed by atoms with Crippen LogP contribution in [0, 0.1) is 0 Å². The van der Waals surface area contributed by atoms with Crippen molar-refractivity contribution in [1.29, 1.82) is 0 Å². The van der Waals surface area contributed by atoms with E-state index in [1.807, 2.05) is 16.1 Å². The molecular formula is C11H17N2O4+. The summed E-state index contributed by atoms with van der Waals surface area (Å²) in [5, 5.41) is 17.2. The third-order valence-corrected chi connectivity index (χ3v) is 2.54. The van der Waals surface area contributed by atoms with E-state index in [9.17, 15) is 9.59 Å². The van der Waals surface area contributed by atoms with Gasteiger partial charge in [0.05, 0.1) is 12.8 Å². The Kier molecular flexibility index (Phi) is 4.68. The highest BCUT2D eigenvalue weighted by molar-refractivity contribution is 5.66. The van der Waals surface area contributed by atoms with Crippen molar-refractivity contribution < 1.29 is 24.4 Å². The summed E-state index contributed by atoms with van der Waals surface area (Å²) in [4.78, 5) is 21.0. The highest BCUT2D eigenvalue weighted by Crippen LogP contribution is 2.00. The number of hydrogen-bond donors (Lipinski definition) is 2. The largest absolute Gasteiger partial charge is 0.481 e. The summed E-state index contributed by atoms with van der Waals surface area (Å²) in [6.45, 7) is 2.79. The maximum Gasteiger partial charge on any atom is 0.307 e. The first-order valence-corrected chi connectivity index (χ1v) is 5.55. The normalized spacial score (nSPS) is 10.4. The summed E-state index contributed by atoms with van der Waals surface area (Å²) in [6.07, 6.45) is 4.47.